The molecule has 1 aromatic heterocycles. The molecule has 1 fully saturated rings. The number of urea groups is 1. The summed E-state index contributed by atoms with van der Waals surface area (Å²) in [4.78, 5) is 37.2. The molecule has 2 aliphatic rings. The fourth-order valence-corrected chi connectivity index (χ4v) is 5.25. The second-order valence-corrected chi connectivity index (χ2v) is 9.34. The van der Waals surface area contributed by atoms with Crippen LogP contribution in [0.3, 0.4) is 0 Å². The van der Waals surface area contributed by atoms with Gasteiger partial charge in [-0.05, 0) is 18.9 Å². The van der Waals surface area contributed by atoms with Crippen molar-refractivity contribution in [3.05, 3.63) is 40.5 Å². The van der Waals surface area contributed by atoms with Gasteiger partial charge in [0.15, 0.2) is 0 Å². The highest BCUT2D eigenvalue weighted by Gasteiger charge is 2.35. The molecule has 3 amide bonds. The van der Waals surface area contributed by atoms with Crippen LogP contribution in [0, 0.1) is 0 Å². The summed E-state index contributed by atoms with van der Waals surface area (Å²) >= 11 is 13.1. The molecule has 2 atom stereocenters. The third kappa shape index (κ3) is 5.55. The summed E-state index contributed by atoms with van der Waals surface area (Å²) in [6.07, 6.45) is 6.70. The fraction of sp³-hybridized carbons (Fsp3) is 0.440. The standard InChI is InChI=1S/C24H28Cl2N6O4.CH4/c1-5-18(33)28-14-8-6-7-9-15(14)29-23-27-11-13-12-32(24(34)31(2)22(13)30-23)21-19(25)16(35-3)10-17(36-4)20(21)26;/h5,10-11,14-15H,1,6-9,12H2,2-4H3,(H,28,33)(H,27,29,30);1H4. The molecule has 12 heteroatoms. The molecule has 1 aromatic carbocycles. The number of carbonyl (C=O) groups excluding carboxylic acids is 2. The van der Waals surface area contributed by atoms with E-state index in [9.17, 15) is 9.59 Å². The van der Waals surface area contributed by atoms with E-state index < -0.39 is 0 Å². The normalized spacial score (nSPS) is 18.9. The van der Waals surface area contributed by atoms with Gasteiger partial charge in [0, 0.05) is 37.0 Å². The Hall–Kier alpha value is -3.24. The van der Waals surface area contributed by atoms with Gasteiger partial charge in [-0.25, -0.2) is 9.78 Å². The zero-order chi connectivity index (χ0) is 26.0. The SMILES string of the molecule is C.C=CC(=O)NC1CCCCC1Nc1ncc2c(n1)N(C)C(=O)N(c1c(Cl)c(OC)cc(OC)c1Cl)C2. The third-order valence-corrected chi connectivity index (χ3v) is 7.15. The summed E-state index contributed by atoms with van der Waals surface area (Å²) in [5.74, 6) is 1.30. The van der Waals surface area contributed by atoms with E-state index in [4.69, 9.17) is 32.7 Å². The van der Waals surface area contributed by atoms with Crippen molar-refractivity contribution < 1.29 is 19.1 Å². The zero-order valence-corrected chi connectivity index (χ0v) is 21.8. The van der Waals surface area contributed by atoms with Crippen LogP contribution in [-0.4, -0.2) is 55.3 Å². The molecule has 2 heterocycles. The van der Waals surface area contributed by atoms with Gasteiger partial charge < -0.3 is 20.1 Å². The Kier molecular flexibility index (Phi) is 9.09. The quantitative estimate of drug-likeness (QED) is 0.464. The van der Waals surface area contributed by atoms with E-state index in [1.807, 2.05) is 0 Å². The van der Waals surface area contributed by atoms with E-state index in [1.165, 1.54) is 30.1 Å². The highest BCUT2D eigenvalue weighted by molar-refractivity contribution is 6.42. The molecule has 2 unspecified atom stereocenters. The molecule has 2 aromatic rings. The molecule has 1 saturated carbocycles. The average molecular weight is 551 g/mol. The van der Waals surface area contributed by atoms with Gasteiger partial charge >= 0.3 is 6.03 Å². The van der Waals surface area contributed by atoms with Gasteiger partial charge in [0.25, 0.3) is 0 Å². The number of nitrogens with zero attached hydrogens (tertiary/aromatic N) is 4. The maximum Gasteiger partial charge on any atom is 0.330 e. The number of hydrogen-bond acceptors (Lipinski definition) is 7. The molecule has 37 heavy (non-hydrogen) atoms. The number of ether oxygens (including phenoxy) is 2. The Bertz CT molecular complexity index is 1170. The Morgan fingerprint density at radius 2 is 1.78 bits per heavy atom. The first-order chi connectivity index (χ1) is 17.3. The molecule has 1 aliphatic heterocycles. The Balaban J connectivity index is 0.00000380. The Morgan fingerprint density at radius 1 is 1.16 bits per heavy atom. The number of amides is 3. The number of anilines is 3. The first kappa shape index (κ1) is 28.3. The fourth-order valence-electron chi connectivity index (χ4n) is 4.55. The minimum Gasteiger partial charge on any atom is -0.495 e. The summed E-state index contributed by atoms with van der Waals surface area (Å²) in [7, 11) is 4.57. The molecule has 1 aliphatic carbocycles. The van der Waals surface area contributed by atoms with Crippen LogP contribution >= 0.6 is 23.2 Å². The molecule has 0 saturated heterocycles. The second-order valence-electron chi connectivity index (χ2n) is 8.58. The lowest BCUT2D eigenvalue weighted by molar-refractivity contribution is -0.117. The number of aromatic nitrogens is 2. The smallest absolute Gasteiger partial charge is 0.330 e. The first-order valence-electron chi connectivity index (χ1n) is 11.5. The van der Waals surface area contributed by atoms with Crippen LogP contribution < -0.4 is 29.9 Å². The van der Waals surface area contributed by atoms with Crippen LogP contribution in [0.15, 0.2) is 24.9 Å². The van der Waals surface area contributed by atoms with Crippen LogP contribution in [0.5, 0.6) is 11.5 Å². The summed E-state index contributed by atoms with van der Waals surface area (Å²) in [6.45, 7) is 3.68. The average Bonchev–Trinajstić information content (AvgIpc) is 2.88. The monoisotopic (exact) mass is 550 g/mol. The van der Waals surface area contributed by atoms with E-state index in [1.54, 1.807) is 19.3 Å². The van der Waals surface area contributed by atoms with E-state index in [-0.39, 0.29) is 53.7 Å². The molecule has 0 radical (unpaired) electrons. The summed E-state index contributed by atoms with van der Waals surface area (Å²) in [5.41, 5.74) is 0.985. The van der Waals surface area contributed by atoms with Crippen LogP contribution in [0.1, 0.15) is 38.7 Å². The van der Waals surface area contributed by atoms with Crippen molar-refractivity contribution >= 4 is 52.6 Å². The minimum absolute atomic E-state index is 0. The lowest BCUT2D eigenvalue weighted by Gasteiger charge is -2.36. The summed E-state index contributed by atoms with van der Waals surface area (Å²) in [5, 5.41) is 6.70. The molecular formula is C25H32Cl2N6O4. The van der Waals surface area contributed by atoms with Crippen molar-refractivity contribution in [3.63, 3.8) is 0 Å². The topological polar surface area (TPSA) is 109 Å². The number of nitrogens with one attached hydrogen (secondary N) is 2. The van der Waals surface area contributed by atoms with Gasteiger partial charge in [-0.3, -0.25) is 14.6 Å². The second kappa shape index (κ2) is 11.9. The van der Waals surface area contributed by atoms with Crippen LogP contribution in [0.4, 0.5) is 22.2 Å². The van der Waals surface area contributed by atoms with Crippen molar-refractivity contribution in [3.8, 4) is 11.5 Å². The highest BCUT2D eigenvalue weighted by Crippen LogP contribution is 2.47. The van der Waals surface area contributed by atoms with Crippen molar-refractivity contribution in [2.24, 2.45) is 0 Å². The molecular weight excluding hydrogens is 519 g/mol. The number of rotatable bonds is 7. The van der Waals surface area contributed by atoms with Gasteiger partial charge in [0.05, 0.1) is 26.5 Å². The predicted octanol–water partition coefficient (Wildman–Crippen LogP) is 5.04. The lowest BCUT2D eigenvalue weighted by Crippen LogP contribution is -2.48. The van der Waals surface area contributed by atoms with Gasteiger partial charge in [-0.2, -0.15) is 4.98 Å². The number of methoxy groups -OCH3 is 2. The maximum atomic E-state index is 13.4. The van der Waals surface area contributed by atoms with Gasteiger partial charge in [0.2, 0.25) is 11.9 Å². The molecule has 2 N–H and O–H groups in total. The van der Waals surface area contributed by atoms with Crippen LogP contribution in [-0.2, 0) is 11.3 Å². The number of halogens is 2. The van der Waals surface area contributed by atoms with Crippen LogP contribution in [0.2, 0.25) is 10.0 Å². The molecule has 0 spiro atoms. The van der Waals surface area contributed by atoms with Crippen molar-refractivity contribution in [2.45, 2.75) is 51.7 Å². The maximum absolute atomic E-state index is 13.4. The van der Waals surface area contributed by atoms with Crippen LogP contribution in [0.25, 0.3) is 0 Å². The Morgan fingerprint density at radius 3 is 2.38 bits per heavy atom. The molecule has 0 bridgehead atoms. The van der Waals surface area contributed by atoms with E-state index in [2.05, 4.69) is 27.2 Å². The Labute approximate surface area is 226 Å². The van der Waals surface area contributed by atoms with Crippen molar-refractivity contribution in [1.82, 2.24) is 15.3 Å². The first-order valence-corrected chi connectivity index (χ1v) is 12.2. The summed E-state index contributed by atoms with van der Waals surface area (Å²) < 4.78 is 10.7. The third-order valence-electron chi connectivity index (χ3n) is 6.42. The van der Waals surface area contributed by atoms with Gasteiger partial charge in [0.1, 0.15) is 27.4 Å². The lowest BCUT2D eigenvalue weighted by atomic mass is 9.90. The van der Waals surface area contributed by atoms with E-state index >= 15 is 0 Å². The number of hydrogen-bond donors (Lipinski definition) is 2. The number of carbonyl (C=O) groups is 2. The molecule has 10 nitrogen and oxygen atoms in total. The largest absolute Gasteiger partial charge is 0.495 e. The summed E-state index contributed by atoms with van der Waals surface area (Å²) in [6, 6.07) is 1.09. The molecule has 4 rings (SSSR count). The van der Waals surface area contributed by atoms with E-state index in [0.29, 0.717) is 28.8 Å². The van der Waals surface area contributed by atoms with Crippen molar-refractivity contribution in [2.75, 3.05) is 36.4 Å². The zero-order valence-electron chi connectivity index (χ0n) is 20.3. The predicted molar refractivity (Wildman–Crippen MR) is 146 cm³/mol. The highest BCUT2D eigenvalue weighted by atomic mass is 35.5. The van der Waals surface area contributed by atoms with Gasteiger partial charge in [-0.1, -0.05) is 50.0 Å². The van der Waals surface area contributed by atoms with Crippen molar-refractivity contribution in [1.29, 1.82) is 0 Å². The molecule has 200 valence electrons. The minimum atomic E-state index is -0.375. The van der Waals surface area contributed by atoms with E-state index in [0.717, 1.165) is 25.7 Å². The van der Waals surface area contributed by atoms with Gasteiger partial charge in [-0.15, -0.1) is 0 Å². The number of benzene rings is 1. The number of fused-ring (bicyclic) bond motifs is 1.